The van der Waals surface area contributed by atoms with Gasteiger partial charge in [-0.25, -0.2) is 0 Å². The first-order valence-corrected chi connectivity index (χ1v) is 5.92. The molecule has 4 nitrogen and oxygen atoms in total. The summed E-state index contributed by atoms with van der Waals surface area (Å²) in [6.45, 7) is 1.91. The number of nitrogens with one attached hydrogen (secondary N) is 1. The van der Waals surface area contributed by atoms with Crippen LogP contribution < -0.4 is 5.32 Å². The number of aromatic hydroxyl groups is 2. The summed E-state index contributed by atoms with van der Waals surface area (Å²) in [5.41, 5.74) is 2.11. The third-order valence-corrected chi connectivity index (χ3v) is 2.84. The lowest BCUT2D eigenvalue weighted by molar-refractivity contribution is 0.101. The van der Waals surface area contributed by atoms with Crippen LogP contribution in [0, 0.1) is 0 Å². The van der Waals surface area contributed by atoms with E-state index in [2.05, 4.69) is 5.32 Å². The first kappa shape index (κ1) is 13.0. The molecule has 0 bridgehead atoms. The Morgan fingerprint density at radius 2 is 1.79 bits per heavy atom. The van der Waals surface area contributed by atoms with Gasteiger partial charge in [0.05, 0.1) is 0 Å². The third-order valence-electron chi connectivity index (χ3n) is 2.84. The Kier molecular flexibility index (Phi) is 3.71. The van der Waals surface area contributed by atoms with Crippen molar-refractivity contribution in [3.8, 4) is 11.5 Å². The van der Waals surface area contributed by atoms with Gasteiger partial charge in [-0.05, 0) is 49.4 Å². The van der Waals surface area contributed by atoms with Crippen molar-refractivity contribution in [2.24, 2.45) is 0 Å². The van der Waals surface area contributed by atoms with Crippen LogP contribution in [0.1, 0.15) is 22.8 Å². The van der Waals surface area contributed by atoms with Crippen LogP contribution >= 0.6 is 0 Å². The van der Waals surface area contributed by atoms with Gasteiger partial charge in [-0.15, -0.1) is 0 Å². The molecule has 0 aliphatic rings. The Bertz CT molecular complexity index is 591. The minimum Gasteiger partial charge on any atom is -0.508 e. The fourth-order valence-electron chi connectivity index (χ4n) is 1.73. The molecule has 2 rings (SSSR count). The van der Waals surface area contributed by atoms with Crippen molar-refractivity contribution >= 4 is 11.5 Å². The summed E-state index contributed by atoms with van der Waals surface area (Å²) < 4.78 is 0. The van der Waals surface area contributed by atoms with Gasteiger partial charge in [0, 0.05) is 23.4 Å². The molecule has 2 aromatic rings. The van der Waals surface area contributed by atoms with Crippen molar-refractivity contribution in [1.29, 1.82) is 0 Å². The summed E-state index contributed by atoms with van der Waals surface area (Å²) in [5.74, 6) is 0.268. The normalized spacial score (nSPS) is 10.2. The van der Waals surface area contributed by atoms with E-state index in [1.54, 1.807) is 24.3 Å². The molecule has 0 spiro atoms. The maximum Gasteiger partial charge on any atom is 0.159 e. The van der Waals surface area contributed by atoms with Crippen LogP contribution in [-0.2, 0) is 6.54 Å². The zero-order valence-electron chi connectivity index (χ0n) is 10.6. The molecule has 0 unspecified atom stereocenters. The first-order chi connectivity index (χ1) is 9.06. The monoisotopic (exact) mass is 257 g/mol. The summed E-state index contributed by atoms with van der Waals surface area (Å²) in [6, 6.07) is 11.5. The molecule has 0 heterocycles. The minimum atomic E-state index is 0.0252. The zero-order valence-corrected chi connectivity index (χ0v) is 10.6. The van der Waals surface area contributed by atoms with Crippen molar-refractivity contribution in [3.05, 3.63) is 53.6 Å². The number of ketones is 1. The van der Waals surface area contributed by atoms with E-state index >= 15 is 0 Å². The predicted octanol–water partition coefficient (Wildman–Crippen LogP) is 2.91. The summed E-state index contributed by atoms with van der Waals surface area (Å²) in [4.78, 5) is 11.1. The van der Waals surface area contributed by atoms with Crippen LogP contribution in [0.2, 0.25) is 0 Å². The number of carbonyl (C=O) groups excluding carboxylic acids is 1. The van der Waals surface area contributed by atoms with Crippen LogP contribution in [0.25, 0.3) is 0 Å². The van der Waals surface area contributed by atoms with Crippen LogP contribution in [-0.4, -0.2) is 16.0 Å². The molecule has 98 valence electrons. The number of hydrogen-bond donors (Lipinski definition) is 3. The molecule has 0 aromatic heterocycles. The SMILES string of the molecule is CC(=O)c1ccc(NCc2cc(O)ccc2O)cc1. The molecule has 0 aliphatic heterocycles. The van der Waals surface area contributed by atoms with Gasteiger partial charge in [-0.1, -0.05) is 0 Å². The quantitative estimate of drug-likeness (QED) is 0.582. The van der Waals surface area contributed by atoms with Gasteiger partial charge in [0.2, 0.25) is 0 Å². The molecule has 3 N–H and O–H groups in total. The lowest BCUT2D eigenvalue weighted by Crippen LogP contribution is -2.00. The highest BCUT2D eigenvalue weighted by molar-refractivity contribution is 5.94. The van der Waals surface area contributed by atoms with Crippen molar-refractivity contribution in [1.82, 2.24) is 0 Å². The van der Waals surface area contributed by atoms with Gasteiger partial charge < -0.3 is 15.5 Å². The van der Waals surface area contributed by atoms with Gasteiger partial charge >= 0.3 is 0 Å². The van der Waals surface area contributed by atoms with Crippen LogP contribution in [0.15, 0.2) is 42.5 Å². The maximum atomic E-state index is 11.1. The molecule has 0 amide bonds. The largest absolute Gasteiger partial charge is 0.508 e. The fourth-order valence-corrected chi connectivity index (χ4v) is 1.73. The molecule has 0 saturated heterocycles. The van der Waals surface area contributed by atoms with Crippen molar-refractivity contribution in [2.75, 3.05) is 5.32 Å². The number of carbonyl (C=O) groups is 1. The fraction of sp³-hybridized carbons (Fsp3) is 0.133. The topological polar surface area (TPSA) is 69.6 Å². The number of anilines is 1. The number of rotatable bonds is 4. The Hall–Kier alpha value is -2.49. The molecule has 19 heavy (non-hydrogen) atoms. The van der Waals surface area contributed by atoms with E-state index in [-0.39, 0.29) is 17.3 Å². The summed E-state index contributed by atoms with van der Waals surface area (Å²) in [5, 5.41) is 22.1. The number of phenolic OH excluding ortho intramolecular Hbond substituents is 2. The van der Waals surface area contributed by atoms with E-state index in [1.165, 1.54) is 25.1 Å². The number of benzene rings is 2. The smallest absolute Gasteiger partial charge is 0.159 e. The second kappa shape index (κ2) is 5.44. The van der Waals surface area contributed by atoms with Gasteiger partial charge in [-0.3, -0.25) is 4.79 Å². The molecule has 0 aliphatic carbocycles. The number of Topliss-reactive ketones (excluding diaryl/α,β-unsaturated/α-hetero) is 1. The molecule has 0 atom stereocenters. The Morgan fingerprint density at radius 1 is 1.11 bits per heavy atom. The first-order valence-electron chi connectivity index (χ1n) is 5.92. The number of phenols is 2. The number of hydrogen-bond acceptors (Lipinski definition) is 4. The summed E-state index contributed by atoms with van der Waals surface area (Å²) in [6.07, 6.45) is 0. The van der Waals surface area contributed by atoms with Crippen LogP contribution in [0.3, 0.4) is 0 Å². The molecule has 0 radical (unpaired) electrons. The highest BCUT2D eigenvalue weighted by Crippen LogP contribution is 2.23. The van der Waals surface area contributed by atoms with E-state index < -0.39 is 0 Å². The van der Waals surface area contributed by atoms with Crippen LogP contribution in [0.5, 0.6) is 11.5 Å². The highest BCUT2D eigenvalue weighted by Gasteiger charge is 2.03. The lowest BCUT2D eigenvalue weighted by Gasteiger charge is -2.09. The molecule has 0 fully saturated rings. The van der Waals surface area contributed by atoms with Crippen molar-refractivity contribution in [2.45, 2.75) is 13.5 Å². The molecular formula is C15H15NO3. The van der Waals surface area contributed by atoms with Gasteiger partial charge in [0.15, 0.2) is 5.78 Å². The predicted molar refractivity (Wildman–Crippen MR) is 73.5 cm³/mol. The zero-order chi connectivity index (χ0) is 13.8. The lowest BCUT2D eigenvalue weighted by atomic mass is 10.1. The minimum absolute atomic E-state index is 0.0252. The molecule has 4 heteroatoms. The second-order valence-corrected chi connectivity index (χ2v) is 4.30. The Labute approximate surface area is 111 Å². The van der Waals surface area contributed by atoms with Gasteiger partial charge in [-0.2, -0.15) is 0 Å². The van der Waals surface area contributed by atoms with Gasteiger partial charge in [0.1, 0.15) is 11.5 Å². The average molecular weight is 257 g/mol. The average Bonchev–Trinajstić information content (AvgIpc) is 2.40. The Morgan fingerprint density at radius 3 is 2.42 bits per heavy atom. The van der Waals surface area contributed by atoms with Crippen LogP contribution in [0.4, 0.5) is 5.69 Å². The second-order valence-electron chi connectivity index (χ2n) is 4.30. The van der Waals surface area contributed by atoms with E-state index in [0.29, 0.717) is 17.7 Å². The standard InChI is InChI=1S/C15H15NO3/c1-10(17)11-2-4-13(5-3-11)16-9-12-8-14(18)6-7-15(12)19/h2-8,16,18-19H,9H2,1H3. The van der Waals surface area contributed by atoms with E-state index in [0.717, 1.165) is 5.69 Å². The third kappa shape index (κ3) is 3.25. The van der Waals surface area contributed by atoms with Gasteiger partial charge in [0.25, 0.3) is 0 Å². The van der Waals surface area contributed by atoms with Crippen molar-refractivity contribution in [3.63, 3.8) is 0 Å². The maximum absolute atomic E-state index is 11.1. The molecule has 0 saturated carbocycles. The highest BCUT2D eigenvalue weighted by atomic mass is 16.3. The summed E-state index contributed by atoms with van der Waals surface area (Å²) >= 11 is 0. The van der Waals surface area contributed by atoms with Crippen molar-refractivity contribution < 1.29 is 15.0 Å². The molecular weight excluding hydrogens is 242 g/mol. The van der Waals surface area contributed by atoms with E-state index in [4.69, 9.17) is 0 Å². The van der Waals surface area contributed by atoms with E-state index in [1.807, 2.05) is 0 Å². The Balaban J connectivity index is 2.06. The summed E-state index contributed by atoms with van der Waals surface area (Å²) in [7, 11) is 0. The molecule has 2 aromatic carbocycles. The van der Waals surface area contributed by atoms with E-state index in [9.17, 15) is 15.0 Å².